The Morgan fingerprint density at radius 1 is 1.22 bits per heavy atom. The lowest BCUT2D eigenvalue weighted by Gasteiger charge is -2.26. The van der Waals surface area contributed by atoms with Crippen LogP contribution in [-0.4, -0.2) is 12.5 Å². The second-order valence-corrected chi connectivity index (χ2v) is 5.46. The summed E-state index contributed by atoms with van der Waals surface area (Å²) in [6.07, 6.45) is 5.07. The van der Waals surface area contributed by atoms with Gasteiger partial charge >= 0.3 is 0 Å². The molecule has 0 heterocycles. The van der Waals surface area contributed by atoms with Crippen LogP contribution < -0.4 is 11.1 Å². The highest BCUT2D eigenvalue weighted by Crippen LogP contribution is 2.27. The number of nitrogens with one attached hydrogen (secondary N) is 1. The number of nitrogens with two attached hydrogens (primary N) is 1. The maximum absolute atomic E-state index is 11.9. The van der Waals surface area contributed by atoms with Crippen LogP contribution in [0.2, 0.25) is 0 Å². The molecular weight excluding hydrogens is 224 g/mol. The molecule has 1 amide bonds. The molecule has 0 atom stereocenters. The van der Waals surface area contributed by atoms with Crippen LogP contribution in [0.1, 0.15) is 43.0 Å². The molecule has 3 heteroatoms. The second-order valence-electron chi connectivity index (χ2n) is 5.46. The average molecular weight is 246 g/mol. The number of anilines is 1. The van der Waals surface area contributed by atoms with Crippen LogP contribution >= 0.6 is 0 Å². The third-order valence-corrected chi connectivity index (χ3v) is 3.86. The van der Waals surface area contributed by atoms with Crippen LogP contribution in [0.25, 0.3) is 0 Å². The number of benzene rings is 1. The molecule has 1 fully saturated rings. The monoisotopic (exact) mass is 246 g/mol. The van der Waals surface area contributed by atoms with E-state index in [9.17, 15) is 4.79 Å². The molecule has 1 saturated carbocycles. The van der Waals surface area contributed by atoms with Gasteiger partial charge in [-0.2, -0.15) is 0 Å². The summed E-state index contributed by atoms with van der Waals surface area (Å²) < 4.78 is 0. The first-order chi connectivity index (χ1) is 8.65. The van der Waals surface area contributed by atoms with Gasteiger partial charge in [0.1, 0.15) is 0 Å². The van der Waals surface area contributed by atoms with Crippen LogP contribution in [0.15, 0.2) is 24.3 Å². The third kappa shape index (κ3) is 3.49. The maximum Gasteiger partial charge on any atom is 0.251 e. The molecular formula is C15H22N2O. The van der Waals surface area contributed by atoms with Crippen molar-refractivity contribution in [1.82, 2.24) is 5.32 Å². The Kier molecular flexibility index (Phi) is 4.24. The topological polar surface area (TPSA) is 55.1 Å². The van der Waals surface area contributed by atoms with Crippen LogP contribution in [0.5, 0.6) is 0 Å². The molecule has 18 heavy (non-hydrogen) atoms. The minimum Gasteiger partial charge on any atom is -0.399 e. The van der Waals surface area contributed by atoms with E-state index in [1.54, 1.807) is 24.3 Å². The summed E-state index contributed by atoms with van der Waals surface area (Å²) in [5.41, 5.74) is 6.98. The lowest BCUT2D eigenvalue weighted by molar-refractivity contribution is 0.0942. The first-order valence-electron chi connectivity index (χ1n) is 6.79. The molecule has 1 aromatic carbocycles. The quantitative estimate of drug-likeness (QED) is 0.806. The Labute approximate surface area is 109 Å². The van der Waals surface area contributed by atoms with Crippen molar-refractivity contribution in [2.24, 2.45) is 11.8 Å². The SMILES string of the molecule is CC1CCC(CNC(=O)c2ccc(N)cc2)CC1. The molecule has 0 radical (unpaired) electrons. The fourth-order valence-corrected chi connectivity index (χ4v) is 2.51. The molecule has 3 N–H and O–H groups in total. The first kappa shape index (κ1) is 12.9. The van der Waals surface area contributed by atoms with Gasteiger partial charge in [0, 0.05) is 17.8 Å². The molecule has 0 bridgehead atoms. The van der Waals surface area contributed by atoms with Crippen molar-refractivity contribution in [2.75, 3.05) is 12.3 Å². The van der Waals surface area contributed by atoms with Gasteiger partial charge in [0.15, 0.2) is 0 Å². The number of rotatable bonds is 3. The van der Waals surface area contributed by atoms with E-state index in [-0.39, 0.29) is 5.91 Å². The number of carbonyl (C=O) groups excluding carboxylic acids is 1. The molecule has 0 saturated heterocycles. The van der Waals surface area contributed by atoms with Crippen molar-refractivity contribution in [1.29, 1.82) is 0 Å². The highest BCUT2D eigenvalue weighted by atomic mass is 16.1. The zero-order chi connectivity index (χ0) is 13.0. The molecule has 1 aliphatic rings. The normalized spacial score (nSPS) is 23.6. The Bertz CT molecular complexity index is 391. The lowest BCUT2D eigenvalue weighted by Crippen LogP contribution is -2.31. The summed E-state index contributed by atoms with van der Waals surface area (Å²) in [7, 11) is 0. The maximum atomic E-state index is 11.9. The van der Waals surface area contributed by atoms with Crippen molar-refractivity contribution in [2.45, 2.75) is 32.6 Å². The zero-order valence-electron chi connectivity index (χ0n) is 11.0. The van der Waals surface area contributed by atoms with Crippen LogP contribution in [0.3, 0.4) is 0 Å². The van der Waals surface area contributed by atoms with Crippen molar-refractivity contribution in [3.8, 4) is 0 Å². The first-order valence-corrected chi connectivity index (χ1v) is 6.79. The van der Waals surface area contributed by atoms with Gasteiger partial charge < -0.3 is 11.1 Å². The Morgan fingerprint density at radius 2 is 1.83 bits per heavy atom. The molecule has 1 aromatic rings. The number of hydrogen-bond acceptors (Lipinski definition) is 2. The molecule has 1 aliphatic carbocycles. The Balaban J connectivity index is 1.79. The van der Waals surface area contributed by atoms with E-state index >= 15 is 0 Å². The Morgan fingerprint density at radius 3 is 2.44 bits per heavy atom. The van der Waals surface area contributed by atoms with Gasteiger partial charge in [0.25, 0.3) is 5.91 Å². The van der Waals surface area contributed by atoms with Crippen molar-refractivity contribution in [3.63, 3.8) is 0 Å². The molecule has 0 spiro atoms. The standard InChI is InChI=1S/C15H22N2O/c1-11-2-4-12(5-3-11)10-17-15(18)13-6-8-14(16)9-7-13/h6-9,11-12H,2-5,10,16H2,1H3,(H,17,18). The predicted molar refractivity (Wildman–Crippen MR) is 74.3 cm³/mol. The smallest absolute Gasteiger partial charge is 0.251 e. The average Bonchev–Trinajstić information content (AvgIpc) is 2.38. The number of nitrogen functional groups attached to an aromatic ring is 1. The molecule has 3 nitrogen and oxygen atoms in total. The Hall–Kier alpha value is -1.51. The molecule has 0 aliphatic heterocycles. The molecule has 0 aromatic heterocycles. The van der Waals surface area contributed by atoms with E-state index in [1.807, 2.05) is 0 Å². The number of amides is 1. The van der Waals surface area contributed by atoms with Gasteiger partial charge in [-0.1, -0.05) is 19.8 Å². The fraction of sp³-hybridized carbons (Fsp3) is 0.533. The predicted octanol–water partition coefficient (Wildman–Crippen LogP) is 2.82. The van der Waals surface area contributed by atoms with Crippen molar-refractivity contribution < 1.29 is 4.79 Å². The molecule has 0 unspecified atom stereocenters. The van der Waals surface area contributed by atoms with Crippen LogP contribution in [0, 0.1) is 11.8 Å². The fourth-order valence-electron chi connectivity index (χ4n) is 2.51. The van der Waals surface area contributed by atoms with Gasteiger partial charge in [-0.05, 0) is 48.9 Å². The highest BCUT2D eigenvalue weighted by Gasteiger charge is 2.18. The number of carbonyl (C=O) groups is 1. The van der Waals surface area contributed by atoms with E-state index in [0.717, 1.165) is 12.5 Å². The van der Waals surface area contributed by atoms with E-state index in [4.69, 9.17) is 5.73 Å². The van der Waals surface area contributed by atoms with E-state index < -0.39 is 0 Å². The van der Waals surface area contributed by atoms with Crippen LogP contribution in [0.4, 0.5) is 5.69 Å². The lowest BCUT2D eigenvalue weighted by atomic mass is 9.83. The van der Waals surface area contributed by atoms with Gasteiger partial charge in [-0.25, -0.2) is 0 Å². The summed E-state index contributed by atoms with van der Waals surface area (Å²) in [5, 5.41) is 3.02. The van der Waals surface area contributed by atoms with Crippen molar-refractivity contribution in [3.05, 3.63) is 29.8 Å². The minimum atomic E-state index is 0.00798. The van der Waals surface area contributed by atoms with Gasteiger partial charge in [0.2, 0.25) is 0 Å². The summed E-state index contributed by atoms with van der Waals surface area (Å²) in [6.45, 7) is 3.11. The third-order valence-electron chi connectivity index (χ3n) is 3.86. The van der Waals surface area contributed by atoms with Gasteiger partial charge in [-0.3, -0.25) is 4.79 Å². The summed E-state index contributed by atoms with van der Waals surface area (Å²) >= 11 is 0. The minimum absolute atomic E-state index is 0.00798. The molecule has 98 valence electrons. The zero-order valence-corrected chi connectivity index (χ0v) is 11.0. The largest absolute Gasteiger partial charge is 0.399 e. The second kappa shape index (κ2) is 5.89. The molecule has 2 rings (SSSR count). The number of hydrogen-bond donors (Lipinski definition) is 2. The van der Waals surface area contributed by atoms with Crippen LogP contribution in [-0.2, 0) is 0 Å². The highest BCUT2D eigenvalue weighted by molar-refractivity contribution is 5.94. The summed E-state index contributed by atoms with van der Waals surface area (Å²) in [5.74, 6) is 1.52. The van der Waals surface area contributed by atoms with E-state index in [1.165, 1.54) is 25.7 Å². The van der Waals surface area contributed by atoms with E-state index in [0.29, 0.717) is 17.2 Å². The van der Waals surface area contributed by atoms with E-state index in [2.05, 4.69) is 12.2 Å². The van der Waals surface area contributed by atoms with Gasteiger partial charge in [-0.15, -0.1) is 0 Å². The summed E-state index contributed by atoms with van der Waals surface area (Å²) in [4.78, 5) is 11.9. The van der Waals surface area contributed by atoms with Crippen molar-refractivity contribution >= 4 is 11.6 Å². The summed E-state index contributed by atoms with van der Waals surface area (Å²) in [6, 6.07) is 7.07. The van der Waals surface area contributed by atoms with Gasteiger partial charge in [0.05, 0.1) is 0 Å².